The van der Waals surface area contributed by atoms with Gasteiger partial charge in [-0.15, -0.1) is 0 Å². The SMILES string of the molecule is OB(O)c1ccc(F)cc1-c1ncon1. The number of aromatic nitrogens is 2. The van der Waals surface area contributed by atoms with Gasteiger partial charge in [-0.05, 0) is 17.6 Å². The molecule has 1 aromatic carbocycles. The molecule has 1 heterocycles. The molecule has 0 saturated carbocycles. The zero-order chi connectivity index (χ0) is 10.8. The van der Waals surface area contributed by atoms with Crippen LogP contribution in [0.1, 0.15) is 0 Å². The molecule has 15 heavy (non-hydrogen) atoms. The molecule has 0 fully saturated rings. The number of rotatable bonds is 2. The van der Waals surface area contributed by atoms with Gasteiger partial charge in [0.25, 0.3) is 0 Å². The van der Waals surface area contributed by atoms with E-state index in [9.17, 15) is 4.39 Å². The lowest BCUT2D eigenvalue weighted by molar-refractivity contribution is 0.418. The van der Waals surface area contributed by atoms with Crippen LogP contribution in [0.5, 0.6) is 0 Å². The van der Waals surface area contributed by atoms with Crippen molar-refractivity contribution in [3.8, 4) is 11.4 Å². The van der Waals surface area contributed by atoms with Gasteiger partial charge in [0.05, 0.1) is 0 Å². The second kappa shape index (κ2) is 3.80. The maximum absolute atomic E-state index is 13.0. The van der Waals surface area contributed by atoms with Crippen LogP contribution in [0.4, 0.5) is 4.39 Å². The quantitative estimate of drug-likeness (QED) is 0.653. The molecule has 2 rings (SSSR count). The van der Waals surface area contributed by atoms with Crippen LogP contribution < -0.4 is 5.46 Å². The molecule has 7 heteroatoms. The predicted octanol–water partition coefficient (Wildman–Crippen LogP) is -0.445. The molecule has 2 aromatic rings. The molecule has 0 aliphatic heterocycles. The van der Waals surface area contributed by atoms with Gasteiger partial charge in [0.1, 0.15) is 5.82 Å². The van der Waals surface area contributed by atoms with Crippen molar-refractivity contribution in [2.24, 2.45) is 0 Å². The molecule has 0 bridgehead atoms. The molecule has 0 aliphatic rings. The van der Waals surface area contributed by atoms with Crippen molar-refractivity contribution in [1.82, 2.24) is 10.1 Å². The van der Waals surface area contributed by atoms with Crippen LogP contribution in [0.15, 0.2) is 29.1 Å². The van der Waals surface area contributed by atoms with E-state index in [2.05, 4.69) is 14.7 Å². The Morgan fingerprint density at radius 1 is 1.33 bits per heavy atom. The van der Waals surface area contributed by atoms with E-state index in [4.69, 9.17) is 10.0 Å². The summed E-state index contributed by atoms with van der Waals surface area (Å²) in [6, 6.07) is 3.49. The summed E-state index contributed by atoms with van der Waals surface area (Å²) in [4.78, 5) is 3.70. The predicted molar refractivity (Wildman–Crippen MR) is 49.5 cm³/mol. The fourth-order valence-electron chi connectivity index (χ4n) is 1.24. The van der Waals surface area contributed by atoms with E-state index in [1.807, 2.05) is 0 Å². The number of hydrogen-bond donors (Lipinski definition) is 2. The average Bonchev–Trinajstić information content (AvgIpc) is 2.69. The van der Waals surface area contributed by atoms with Gasteiger partial charge >= 0.3 is 7.12 Å². The highest BCUT2D eigenvalue weighted by atomic mass is 19.1. The van der Waals surface area contributed by atoms with Crippen molar-refractivity contribution in [2.75, 3.05) is 0 Å². The lowest BCUT2D eigenvalue weighted by Gasteiger charge is -2.04. The van der Waals surface area contributed by atoms with Gasteiger partial charge in [0, 0.05) is 5.56 Å². The first-order valence-electron chi connectivity index (χ1n) is 4.11. The van der Waals surface area contributed by atoms with E-state index in [-0.39, 0.29) is 16.9 Å². The van der Waals surface area contributed by atoms with E-state index in [1.165, 1.54) is 6.07 Å². The topological polar surface area (TPSA) is 79.4 Å². The molecule has 5 nitrogen and oxygen atoms in total. The minimum absolute atomic E-state index is 0.109. The maximum atomic E-state index is 13.0. The van der Waals surface area contributed by atoms with Gasteiger partial charge in [-0.2, -0.15) is 4.98 Å². The second-order valence-electron chi connectivity index (χ2n) is 2.86. The third-order valence-electron chi connectivity index (χ3n) is 1.90. The van der Waals surface area contributed by atoms with E-state index >= 15 is 0 Å². The van der Waals surface area contributed by atoms with Crippen molar-refractivity contribution < 1.29 is 19.0 Å². The highest BCUT2D eigenvalue weighted by molar-refractivity contribution is 6.60. The highest BCUT2D eigenvalue weighted by Crippen LogP contribution is 2.13. The summed E-state index contributed by atoms with van der Waals surface area (Å²) in [6.45, 7) is 0. The fourth-order valence-corrected chi connectivity index (χ4v) is 1.24. The summed E-state index contributed by atoms with van der Waals surface area (Å²) in [6.07, 6.45) is 1.08. The van der Waals surface area contributed by atoms with Crippen molar-refractivity contribution in [2.45, 2.75) is 0 Å². The summed E-state index contributed by atoms with van der Waals surface area (Å²) in [5.74, 6) is -0.406. The highest BCUT2D eigenvalue weighted by Gasteiger charge is 2.19. The van der Waals surface area contributed by atoms with E-state index in [1.54, 1.807) is 0 Å². The third kappa shape index (κ3) is 1.88. The summed E-state index contributed by atoms with van der Waals surface area (Å²) in [7, 11) is -1.71. The molecule has 0 aliphatic carbocycles. The van der Waals surface area contributed by atoms with Gasteiger partial charge in [-0.1, -0.05) is 11.2 Å². The molecule has 0 radical (unpaired) electrons. The van der Waals surface area contributed by atoms with Crippen molar-refractivity contribution in [3.63, 3.8) is 0 Å². The minimum atomic E-state index is -1.71. The Labute approximate surface area is 84.3 Å². The molecular weight excluding hydrogens is 202 g/mol. The zero-order valence-corrected chi connectivity index (χ0v) is 7.46. The van der Waals surface area contributed by atoms with Crippen LogP contribution in [0.3, 0.4) is 0 Å². The van der Waals surface area contributed by atoms with E-state index in [0.29, 0.717) is 0 Å². The monoisotopic (exact) mass is 208 g/mol. The largest absolute Gasteiger partial charge is 0.489 e. The molecule has 0 saturated heterocycles. The van der Waals surface area contributed by atoms with Crippen LogP contribution in [0.25, 0.3) is 11.4 Å². The summed E-state index contributed by atoms with van der Waals surface area (Å²) in [5, 5.41) is 21.6. The number of halogens is 1. The molecule has 0 spiro atoms. The van der Waals surface area contributed by atoms with Crippen LogP contribution in [-0.4, -0.2) is 27.3 Å². The van der Waals surface area contributed by atoms with Crippen LogP contribution in [-0.2, 0) is 0 Å². The number of hydrogen-bond acceptors (Lipinski definition) is 5. The number of nitrogens with zero attached hydrogens (tertiary/aromatic N) is 2. The summed E-state index contributed by atoms with van der Waals surface area (Å²) < 4.78 is 17.4. The van der Waals surface area contributed by atoms with Crippen LogP contribution in [0, 0.1) is 5.82 Å². The first-order valence-corrected chi connectivity index (χ1v) is 4.11. The lowest BCUT2D eigenvalue weighted by Crippen LogP contribution is -2.31. The standard InChI is InChI=1S/C8H6BFN2O3/c10-5-1-2-7(9(13)14)6(3-5)8-11-4-15-12-8/h1-4,13-14H. The van der Waals surface area contributed by atoms with Crippen molar-refractivity contribution in [3.05, 3.63) is 30.4 Å². The molecule has 0 amide bonds. The summed E-state index contributed by atoms with van der Waals surface area (Å²) in [5.41, 5.74) is 0.316. The molecule has 2 N–H and O–H groups in total. The summed E-state index contributed by atoms with van der Waals surface area (Å²) >= 11 is 0. The third-order valence-corrected chi connectivity index (χ3v) is 1.90. The average molecular weight is 208 g/mol. The van der Waals surface area contributed by atoms with E-state index in [0.717, 1.165) is 18.5 Å². The Balaban J connectivity index is 2.58. The number of benzene rings is 1. The van der Waals surface area contributed by atoms with Gasteiger partial charge in [-0.25, -0.2) is 4.39 Å². The normalized spacial score (nSPS) is 10.3. The first-order chi connectivity index (χ1) is 7.18. The zero-order valence-electron chi connectivity index (χ0n) is 7.46. The first kappa shape index (κ1) is 9.82. The Morgan fingerprint density at radius 3 is 2.73 bits per heavy atom. The van der Waals surface area contributed by atoms with Gasteiger partial charge < -0.3 is 14.6 Å². The Hall–Kier alpha value is -1.73. The molecule has 76 valence electrons. The van der Waals surface area contributed by atoms with E-state index < -0.39 is 12.9 Å². The lowest BCUT2D eigenvalue weighted by atomic mass is 9.77. The molecule has 1 aromatic heterocycles. The van der Waals surface area contributed by atoms with Crippen LogP contribution in [0.2, 0.25) is 0 Å². The Kier molecular flexibility index (Phi) is 2.48. The fraction of sp³-hybridized carbons (Fsp3) is 0. The maximum Gasteiger partial charge on any atom is 0.489 e. The smallest absolute Gasteiger partial charge is 0.423 e. The Morgan fingerprint density at radius 2 is 2.13 bits per heavy atom. The Bertz CT molecular complexity index is 461. The minimum Gasteiger partial charge on any atom is -0.423 e. The molecule has 0 unspecified atom stereocenters. The van der Waals surface area contributed by atoms with Gasteiger partial charge in [0.2, 0.25) is 12.2 Å². The van der Waals surface area contributed by atoms with Crippen LogP contribution >= 0.6 is 0 Å². The molecule has 0 atom stereocenters. The van der Waals surface area contributed by atoms with Gasteiger partial charge in [-0.3, -0.25) is 0 Å². The molecular formula is C8H6BFN2O3. The van der Waals surface area contributed by atoms with Crippen molar-refractivity contribution >= 4 is 12.6 Å². The van der Waals surface area contributed by atoms with Gasteiger partial charge in [0.15, 0.2) is 0 Å². The van der Waals surface area contributed by atoms with Crippen molar-refractivity contribution in [1.29, 1.82) is 0 Å². The second-order valence-corrected chi connectivity index (χ2v) is 2.86.